The van der Waals surface area contributed by atoms with Crippen LogP contribution in [0.3, 0.4) is 0 Å². The third-order valence-corrected chi connectivity index (χ3v) is 3.63. The van der Waals surface area contributed by atoms with Gasteiger partial charge in [0.1, 0.15) is 0 Å². The number of carboxylic acids is 1. The van der Waals surface area contributed by atoms with Crippen molar-refractivity contribution in [1.29, 1.82) is 0 Å². The van der Waals surface area contributed by atoms with E-state index in [1.807, 2.05) is 37.3 Å². The number of aliphatic hydroxyl groups is 2. The zero-order chi connectivity index (χ0) is 16.8. The molecule has 0 saturated carbocycles. The first-order valence-electron chi connectivity index (χ1n) is 7.52. The Morgan fingerprint density at radius 3 is 2.57 bits per heavy atom. The summed E-state index contributed by atoms with van der Waals surface area (Å²) in [7, 11) is 0. The number of carboxylic acid groups (broad SMARTS) is 1. The number of hydrogen-bond acceptors (Lipinski definition) is 5. The van der Waals surface area contributed by atoms with E-state index in [1.54, 1.807) is 4.68 Å². The monoisotopic (exact) mass is 319 g/mol. The number of carbonyl (C=O) groups is 1. The summed E-state index contributed by atoms with van der Waals surface area (Å²) in [5.41, 5.74) is 2.57. The first kappa shape index (κ1) is 17.1. The molecule has 23 heavy (non-hydrogen) atoms. The van der Waals surface area contributed by atoms with Crippen LogP contribution in [0.5, 0.6) is 0 Å². The third-order valence-electron chi connectivity index (χ3n) is 3.63. The number of aromatic nitrogens is 3. The second kappa shape index (κ2) is 7.85. The SMILES string of the molecule is Cc1nnn(-c2ccccc2)c1CCC(O)CC(O)CC(=O)O. The van der Waals surface area contributed by atoms with Gasteiger partial charge >= 0.3 is 5.97 Å². The molecule has 2 rings (SSSR count). The van der Waals surface area contributed by atoms with Crippen LogP contribution in [0.1, 0.15) is 30.7 Å². The summed E-state index contributed by atoms with van der Waals surface area (Å²) in [5, 5.41) is 36.4. The molecule has 0 saturated heterocycles. The van der Waals surface area contributed by atoms with Crippen molar-refractivity contribution < 1.29 is 20.1 Å². The number of rotatable bonds is 8. The molecule has 1 aromatic heterocycles. The van der Waals surface area contributed by atoms with E-state index in [9.17, 15) is 15.0 Å². The number of benzene rings is 1. The summed E-state index contributed by atoms with van der Waals surface area (Å²) in [6.45, 7) is 1.85. The molecule has 0 aliphatic heterocycles. The average molecular weight is 319 g/mol. The van der Waals surface area contributed by atoms with Gasteiger partial charge < -0.3 is 15.3 Å². The van der Waals surface area contributed by atoms with E-state index in [0.717, 1.165) is 17.1 Å². The molecule has 1 aromatic carbocycles. The lowest BCUT2D eigenvalue weighted by Gasteiger charge is -2.14. The van der Waals surface area contributed by atoms with Crippen LogP contribution in [-0.2, 0) is 11.2 Å². The van der Waals surface area contributed by atoms with Crippen molar-refractivity contribution in [2.45, 2.75) is 44.8 Å². The lowest BCUT2D eigenvalue weighted by Crippen LogP contribution is -2.21. The lowest BCUT2D eigenvalue weighted by molar-refractivity contribution is -0.139. The molecule has 0 spiro atoms. The van der Waals surface area contributed by atoms with Gasteiger partial charge in [-0.2, -0.15) is 0 Å². The van der Waals surface area contributed by atoms with Gasteiger partial charge in [0.05, 0.1) is 35.7 Å². The normalized spacial score (nSPS) is 13.7. The molecule has 0 amide bonds. The van der Waals surface area contributed by atoms with Gasteiger partial charge in [-0.05, 0) is 38.3 Å². The van der Waals surface area contributed by atoms with Crippen LogP contribution in [0.2, 0.25) is 0 Å². The molecule has 0 aliphatic carbocycles. The molecule has 0 radical (unpaired) electrons. The molecule has 2 atom stereocenters. The molecule has 2 aromatic rings. The lowest BCUT2D eigenvalue weighted by atomic mass is 10.0. The summed E-state index contributed by atoms with van der Waals surface area (Å²) in [4.78, 5) is 10.5. The Bertz CT molecular complexity index is 642. The van der Waals surface area contributed by atoms with Crippen molar-refractivity contribution in [3.63, 3.8) is 0 Å². The zero-order valence-electron chi connectivity index (χ0n) is 13.0. The minimum atomic E-state index is -1.08. The molecular weight excluding hydrogens is 298 g/mol. The number of para-hydroxylation sites is 1. The Morgan fingerprint density at radius 2 is 1.91 bits per heavy atom. The molecule has 7 nitrogen and oxygen atoms in total. The van der Waals surface area contributed by atoms with Gasteiger partial charge in [-0.25, -0.2) is 4.68 Å². The van der Waals surface area contributed by atoms with Crippen molar-refractivity contribution in [2.24, 2.45) is 0 Å². The van der Waals surface area contributed by atoms with Crippen molar-refractivity contribution in [2.75, 3.05) is 0 Å². The average Bonchev–Trinajstić information content (AvgIpc) is 2.86. The van der Waals surface area contributed by atoms with E-state index >= 15 is 0 Å². The fourth-order valence-electron chi connectivity index (χ4n) is 2.46. The summed E-state index contributed by atoms with van der Waals surface area (Å²) in [6.07, 6.45) is -1.20. The highest BCUT2D eigenvalue weighted by Crippen LogP contribution is 2.16. The standard InChI is InChI=1S/C16H21N3O4/c1-11-15(8-7-13(20)9-14(21)10-16(22)23)19(18-17-11)12-5-3-2-4-6-12/h2-6,13-14,20-21H,7-10H2,1H3,(H,22,23). The Balaban J connectivity index is 1.98. The van der Waals surface area contributed by atoms with E-state index in [4.69, 9.17) is 5.11 Å². The quantitative estimate of drug-likeness (QED) is 0.672. The smallest absolute Gasteiger partial charge is 0.305 e. The van der Waals surface area contributed by atoms with Crippen LogP contribution in [0.15, 0.2) is 30.3 Å². The number of aryl methyl sites for hydroxylation is 1. The van der Waals surface area contributed by atoms with E-state index in [0.29, 0.717) is 12.8 Å². The predicted octanol–water partition coefficient (Wildman–Crippen LogP) is 1.09. The Morgan fingerprint density at radius 1 is 1.22 bits per heavy atom. The molecule has 2 unspecified atom stereocenters. The molecule has 1 heterocycles. The predicted molar refractivity (Wildman–Crippen MR) is 83.3 cm³/mol. The maximum absolute atomic E-state index is 10.5. The van der Waals surface area contributed by atoms with Gasteiger partial charge in [0.25, 0.3) is 0 Å². The van der Waals surface area contributed by atoms with Crippen LogP contribution in [0.25, 0.3) is 5.69 Å². The minimum Gasteiger partial charge on any atom is -0.481 e. The highest BCUT2D eigenvalue weighted by molar-refractivity contribution is 5.67. The van der Waals surface area contributed by atoms with E-state index in [-0.39, 0.29) is 12.8 Å². The largest absolute Gasteiger partial charge is 0.481 e. The second-order valence-corrected chi connectivity index (χ2v) is 5.55. The fraction of sp³-hybridized carbons (Fsp3) is 0.438. The van der Waals surface area contributed by atoms with Gasteiger partial charge in [0, 0.05) is 0 Å². The summed E-state index contributed by atoms with van der Waals surface area (Å²) < 4.78 is 1.73. The Kier molecular flexibility index (Phi) is 5.84. The molecule has 124 valence electrons. The Hall–Kier alpha value is -2.25. The van der Waals surface area contributed by atoms with Crippen LogP contribution in [0, 0.1) is 6.92 Å². The van der Waals surface area contributed by atoms with Gasteiger partial charge in [-0.15, -0.1) is 5.10 Å². The first-order chi connectivity index (χ1) is 11.0. The minimum absolute atomic E-state index is 0.0399. The number of nitrogens with zero attached hydrogens (tertiary/aromatic N) is 3. The highest BCUT2D eigenvalue weighted by atomic mass is 16.4. The molecule has 3 N–H and O–H groups in total. The van der Waals surface area contributed by atoms with E-state index in [1.165, 1.54) is 0 Å². The van der Waals surface area contributed by atoms with E-state index in [2.05, 4.69) is 10.3 Å². The third kappa shape index (κ3) is 4.87. The second-order valence-electron chi connectivity index (χ2n) is 5.55. The zero-order valence-corrected chi connectivity index (χ0v) is 13.0. The maximum Gasteiger partial charge on any atom is 0.305 e. The van der Waals surface area contributed by atoms with Crippen LogP contribution >= 0.6 is 0 Å². The van der Waals surface area contributed by atoms with E-state index < -0.39 is 18.2 Å². The maximum atomic E-state index is 10.5. The fourth-order valence-corrected chi connectivity index (χ4v) is 2.46. The highest BCUT2D eigenvalue weighted by Gasteiger charge is 2.17. The number of aliphatic hydroxyl groups excluding tert-OH is 2. The topological polar surface area (TPSA) is 108 Å². The van der Waals surface area contributed by atoms with Crippen LogP contribution < -0.4 is 0 Å². The first-order valence-corrected chi connectivity index (χ1v) is 7.52. The van der Waals surface area contributed by atoms with Gasteiger partial charge in [-0.1, -0.05) is 23.4 Å². The summed E-state index contributed by atoms with van der Waals surface area (Å²) >= 11 is 0. The Labute approximate surface area is 134 Å². The summed E-state index contributed by atoms with van der Waals surface area (Å²) in [6, 6.07) is 9.58. The van der Waals surface area contributed by atoms with Crippen molar-refractivity contribution >= 4 is 5.97 Å². The number of hydrogen-bond donors (Lipinski definition) is 3. The molecule has 0 bridgehead atoms. The summed E-state index contributed by atoms with van der Waals surface area (Å²) in [5.74, 6) is -1.08. The molecule has 0 aliphatic rings. The van der Waals surface area contributed by atoms with Crippen LogP contribution in [0.4, 0.5) is 0 Å². The van der Waals surface area contributed by atoms with Crippen molar-refractivity contribution in [3.8, 4) is 5.69 Å². The van der Waals surface area contributed by atoms with Gasteiger partial charge in [-0.3, -0.25) is 4.79 Å². The molecular formula is C16H21N3O4. The van der Waals surface area contributed by atoms with Gasteiger partial charge in [0.2, 0.25) is 0 Å². The van der Waals surface area contributed by atoms with Crippen molar-refractivity contribution in [3.05, 3.63) is 41.7 Å². The van der Waals surface area contributed by atoms with Crippen molar-refractivity contribution in [1.82, 2.24) is 15.0 Å². The number of aliphatic carboxylic acids is 1. The molecule has 7 heteroatoms. The van der Waals surface area contributed by atoms with Gasteiger partial charge in [0.15, 0.2) is 0 Å². The van der Waals surface area contributed by atoms with Crippen LogP contribution in [-0.4, -0.2) is 48.5 Å². The molecule has 0 fully saturated rings.